The van der Waals surface area contributed by atoms with E-state index in [0.717, 1.165) is 44.6 Å². The molecule has 2 aliphatic carbocycles. The van der Waals surface area contributed by atoms with E-state index in [1.165, 1.54) is 51.0 Å². The van der Waals surface area contributed by atoms with E-state index in [0.29, 0.717) is 41.4 Å². The van der Waals surface area contributed by atoms with Gasteiger partial charge in [0.05, 0.1) is 6.10 Å². The number of hydrogen-bond acceptors (Lipinski definition) is 1. The van der Waals surface area contributed by atoms with E-state index >= 15 is 0 Å². The van der Waals surface area contributed by atoms with Crippen molar-refractivity contribution in [2.24, 2.45) is 41.4 Å². The van der Waals surface area contributed by atoms with Crippen LogP contribution in [-0.4, -0.2) is 11.2 Å². The number of rotatable bonds is 14. The van der Waals surface area contributed by atoms with E-state index in [4.69, 9.17) is 0 Å². The zero-order valence-electron chi connectivity index (χ0n) is 25.1. The highest BCUT2D eigenvalue weighted by Gasteiger charge is 2.35. The van der Waals surface area contributed by atoms with Crippen LogP contribution in [-0.2, 0) is 12.3 Å². The van der Waals surface area contributed by atoms with Crippen molar-refractivity contribution in [1.82, 2.24) is 0 Å². The highest BCUT2D eigenvalue weighted by molar-refractivity contribution is 5.26. The monoisotopic (exact) mass is 540 g/mol. The third-order valence-corrected chi connectivity index (χ3v) is 9.84. The molecule has 3 heteroatoms. The fourth-order valence-electron chi connectivity index (χ4n) is 7.11. The zero-order chi connectivity index (χ0) is 28.4. The average molecular weight is 541 g/mol. The average Bonchev–Trinajstić information content (AvgIpc) is 2.91. The van der Waals surface area contributed by atoms with Gasteiger partial charge in [-0.25, -0.2) is 8.78 Å². The molecule has 0 radical (unpaired) electrons. The number of unbranched alkanes of at least 4 members (excludes halogenated alkanes) is 1. The Bertz CT molecular complexity index is 940. The SMILES string of the molecule is C=C=CC(CCCC)C1C=CC(CC2CC(CCC(C)CCc3cccc(C(C)(F)F)c3)C(C)CC2O)CC1. The molecule has 0 spiro atoms. The van der Waals surface area contributed by atoms with Gasteiger partial charge in [-0.05, 0) is 117 Å². The maximum absolute atomic E-state index is 13.7. The van der Waals surface area contributed by atoms with Crippen LogP contribution in [0.4, 0.5) is 8.78 Å². The summed E-state index contributed by atoms with van der Waals surface area (Å²) in [6, 6.07) is 6.92. The molecule has 0 aliphatic heterocycles. The van der Waals surface area contributed by atoms with Crippen molar-refractivity contribution in [2.45, 2.75) is 117 Å². The molecule has 3 rings (SSSR count). The topological polar surface area (TPSA) is 20.2 Å². The Morgan fingerprint density at radius 2 is 1.92 bits per heavy atom. The molecular formula is C36H54F2O. The quantitative estimate of drug-likeness (QED) is 0.184. The van der Waals surface area contributed by atoms with Crippen molar-refractivity contribution in [3.8, 4) is 0 Å². The van der Waals surface area contributed by atoms with Crippen LogP contribution in [0.2, 0.25) is 0 Å². The molecule has 0 bridgehead atoms. The highest BCUT2D eigenvalue weighted by atomic mass is 19.3. The molecule has 0 saturated heterocycles. The molecule has 8 unspecified atom stereocenters. The highest BCUT2D eigenvalue weighted by Crippen LogP contribution is 2.42. The molecule has 0 aromatic heterocycles. The second-order valence-electron chi connectivity index (χ2n) is 13.1. The molecule has 1 aromatic rings. The lowest BCUT2D eigenvalue weighted by molar-refractivity contribution is 0.00686. The molecule has 1 N–H and O–H groups in total. The third-order valence-electron chi connectivity index (χ3n) is 9.84. The van der Waals surface area contributed by atoms with Crippen molar-refractivity contribution in [3.05, 3.63) is 65.9 Å². The summed E-state index contributed by atoms with van der Waals surface area (Å²) >= 11 is 0. The van der Waals surface area contributed by atoms with Crippen LogP contribution in [0, 0.1) is 41.4 Å². The fraction of sp³-hybridized carbons (Fsp3) is 0.694. The maximum atomic E-state index is 13.7. The minimum Gasteiger partial charge on any atom is -0.393 e. The summed E-state index contributed by atoms with van der Waals surface area (Å²) in [6.45, 7) is 11.7. The van der Waals surface area contributed by atoms with Crippen molar-refractivity contribution in [3.63, 3.8) is 0 Å². The Morgan fingerprint density at radius 1 is 1.13 bits per heavy atom. The van der Waals surface area contributed by atoms with Gasteiger partial charge in [0.1, 0.15) is 0 Å². The van der Waals surface area contributed by atoms with E-state index < -0.39 is 5.92 Å². The number of aliphatic hydroxyl groups excluding tert-OH is 1. The molecule has 39 heavy (non-hydrogen) atoms. The summed E-state index contributed by atoms with van der Waals surface area (Å²) < 4.78 is 27.4. The Kier molecular flexibility index (Phi) is 12.5. The summed E-state index contributed by atoms with van der Waals surface area (Å²) in [5, 5.41) is 11.0. The number of aryl methyl sites for hydroxylation is 1. The minimum atomic E-state index is -2.78. The van der Waals surface area contributed by atoms with Crippen molar-refractivity contribution in [2.75, 3.05) is 0 Å². The lowest BCUT2D eigenvalue weighted by Crippen LogP contribution is -2.35. The molecule has 1 nitrogen and oxygen atoms in total. The van der Waals surface area contributed by atoms with E-state index in [1.807, 2.05) is 6.07 Å². The molecule has 1 saturated carbocycles. The van der Waals surface area contributed by atoms with Gasteiger partial charge in [-0.2, -0.15) is 0 Å². The Hall–Kier alpha value is -1.70. The number of halogens is 2. The maximum Gasteiger partial charge on any atom is 0.270 e. The minimum absolute atomic E-state index is 0.113. The molecule has 1 fully saturated rings. The van der Waals surface area contributed by atoms with E-state index in [2.05, 4.69) is 51.3 Å². The third kappa shape index (κ3) is 10.0. The van der Waals surface area contributed by atoms with E-state index in [1.54, 1.807) is 12.1 Å². The lowest BCUT2D eigenvalue weighted by Gasteiger charge is -2.40. The predicted molar refractivity (Wildman–Crippen MR) is 161 cm³/mol. The van der Waals surface area contributed by atoms with Crippen LogP contribution < -0.4 is 0 Å². The standard InChI is InChI=1S/C36H54F2O/c1-6-8-12-30(10-7-2)31-20-17-29(18-21-31)23-33-25-32(27(4)22-35(33)39)19-15-26(3)14-16-28-11-9-13-34(24-28)36(5,37)38/h9-11,13,17,20,24,26-27,29-33,35,39H,2,6,8,12,14-16,18-19,21-23,25H2,1,3-5H3. The van der Waals surface area contributed by atoms with Gasteiger partial charge in [-0.15, -0.1) is 5.73 Å². The molecular weight excluding hydrogens is 486 g/mol. The second kappa shape index (κ2) is 15.3. The molecule has 218 valence electrons. The van der Waals surface area contributed by atoms with Gasteiger partial charge in [-0.3, -0.25) is 0 Å². The predicted octanol–water partition coefficient (Wildman–Crippen LogP) is 10.3. The normalized spacial score (nSPS) is 29.0. The van der Waals surface area contributed by atoms with Gasteiger partial charge in [0, 0.05) is 12.5 Å². The van der Waals surface area contributed by atoms with E-state index in [9.17, 15) is 13.9 Å². The molecule has 0 amide bonds. The molecule has 2 aliphatic rings. The zero-order valence-corrected chi connectivity index (χ0v) is 25.1. The number of alkyl halides is 2. The van der Waals surface area contributed by atoms with Crippen molar-refractivity contribution in [1.29, 1.82) is 0 Å². The lowest BCUT2D eigenvalue weighted by atomic mass is 9.67. The van der Waals surface area contributed by atoms with Crippen LogP contribution in [0.1, 0.15) is 109 Å². The van der Waals surface area contributed by atoms with Gasteiger partial charge >= 0.3 is 0 Å². The number of hydrogen-bond donors (Lipinski definition) is 1. The summed E-state index contributed by atoms with van der Waals surface area (Å²) in [7, 11) is 0. The Labute approximate surface area is 237 Å². The van der Waals surface area contributed by atoms with Crippen LogP contribution >= 0.6 is 0 Å². The van der Waals surface area contributed by atoms with Crippen LogP contribution in [0.15, 0.2) is 54.8 Å². The summed E-state index contributed by atoms with van der Waals surface area (Å²) in [6.07, 6.45) is 20.5. The Morgan fingerprint density at radius 3 is 2.59 bits per heavy atom. The van der Waals surface area contributed by atoms with Crippen LogP contribution in [0.3, 0.4) is 0 Å². The fourth-order valence-corrected chi connectivity index (χ4v) is 7.11. The summed E-state index contributed by atoms with van der Waals surface area (Å²) in [5.41, 5.74) is 4.16. The first-order chi connectivity index (χ1) is 18.6. The van der Waals surface area contributed by atoms with Crippen LogP contribution in [0.25, 0.3) is 0 Å². The van der Waals surface area contributed by atoms with Crippen LogP contribution in [0.5, 0.6) is 0 Å². The number of benzene rings is 1. The molecule has 1 aromatic carbocycles. The largest absolute Gasteiger partial charge is 0.393 e. The molecule has 0 heterocycles. The first-order valence-electron chi connectivity index (χ1n) is 15.8. The van der Waals surface area contributed by atoms with E-state index in [-0.39, 0.29) is 11.7 Å². The number of aliphatic hydroxyl groups is 1. The first kappa shape index (κ1) is 31.8. The van der Waals surface area contributed by atoms with Gasteiger partial charge in [0.2, 0.25) is 0 Å². The van der Waals surface area contributed by atoms with Crippen molar-refractivity contribution >= 4 is 0 Å². The van der Waals surface area contributed by atoms with Gasteiger partial charge in [0.25, 0.3) is 5.92 Å². The van der Waals surface area contributed by atoms with Gasteiger partial charge < -0.3 is 5.11 Å². The summed E-state index contributed by atoms with van der Waals surface area (Å²) in [5.74, 6) is 1.15. The number of allylic oxidation sites excluding steroid dienone is 3. The Balaban J connectivity index is 1.47. The van der Waals surface area contributed by atoms with Gasteiger partial charge in [-0.1, -0.05) is 77.0 Å². The van der Waals surface area contributed by atoms with Gasteiger partial charge in [0.15, 0.2) is 0 Å². The second-order valence-corrected chi connectivity index (χ2v) is 13.1. The first-order valence-corrected chi connectivity index (χ1v) is 15.8. The van der Waals surface area contributed by atoms with Crippen molar-refractivity contribution < 1.29 is 13.9 Å². The molecule has 8 atom stereocenters. The smallest absolute Gasteiger partial charge is 0.270 e. The summed E-state index contributed by atoms with van der Waals surface area (Å²) in [4.78, 5) is 0.